The first-order valence-corrected chi connectivity index (χ1v) is 7.20. The average Bonchev–Trinajstić information content (AvgIpc) is 2.51. The number of fused-ring (bicyclic) bond motifs is 1. The van der Waals surface area contributed by atoms with Gasteiger partial charge >= 0.3 is 0 Å². The Morgan fingerprint density at radius 2 is 2.09 bits per heavy atom. The van der Waals surface area contributed by atoms with E-state index in [1.807, 2.05) is 0 Å². The van der Waals surface area contributed by atoms with Crippen molar-refractivity contribution >= 4 is 34.8 Å². The van der Waals surface area contributed by atoms with E-state index >= 15 is 0 Å². The first-order chi connectivity index (χ1) is 10.9. The lowest BCUT2D eigenvalue weighted by molar-refractivity contribution is -0.122. The van der Waals surface area contributed by atoms with E-state index in [9.17, 15) is 14.0 Å². The smallest absolute Gasteiger partial charge is 0.265 e. The number of halogens is 2. The largest absolute Gasteiger partial charge is 0.479 e. The van der Waals surface area contributed by atoms with Crippen LogP contribution in [0.5, 0.6) is 5.75 Å². The Morgan fingerprint density at radius 3 is 2.87 bits per heavy atom. The Kier molecular flexibility index (Phi) is 3.92. The molecule has 2 N–H and O–H groups in total. The number of ether oxygens (including phenoxy) is 1. The quantitative estimate of drug-likeness (QED) is 0.884. The summed E-state index contributed by atoms with van der Waals surface area (Å²) >= 11 is 5.78. The van der Waals surface area contributed by atoms with Crippen LogP contribution in [0.15, 0.2) is 36.4 Å². The Hall–Kier alpha value is -2.60. The molecule has 5 nitrogen and oxygen atoms in total. The van der Waals surface area contributed by atoms with Crippen LogP contribution in [0.4, 0.5) is 15.8 Å². The van der Waals surface area contributed by atoms with Crippen molar-refractivity contribution in [3.8, 4) is 5.75 Å². The lowest BCUT2D eigenvalue weighted by Crippen LogP contribution is -2.34. The van der Waals surface area contributed by atoms with Crippen molar-refractivity contribution in [3.05, 3.63) is 52.8 Å². The summed E-state index contributed by atoms with van der Waals surface area (Å²) in [5, 5.41) is 5.49. The number of benzene rings is 2. The lowest BCUT2D eigenvalue weighted by atomic mass is 10.1. The highest BCUT2D eigenvalue weighted by Gasteiger charge is 2.23. The van der Waals surface area contributed by atoms with Crippen molar-refractivity contribution in [2.75, 3.05) is 10.6 Å². The van der Waals surface area contributed by atoms with Crippen LogP contribution in [0.2, 0.25) is 5.02 Å². The molecule has 1 unspecified atom stereocenters. The second kappa shape index (κ2) is 5.89. The number of nitrogens with one attached hydrogen (secondary N) is 2. The van der Waals surface area contributed by atoms with E-state index in [0.29, 0.717) is 17.1 Å². The van der Waals surface area contributed by atoms with E-state index in [-0.39, 0.29) is 16.5 Å². The first kappa shape index (κ1) is 15.3. The fraction of sp³-hybridized carbons (Fsp3) is 0.125. The second-order valence-electron chi connectivity index (χ2n) is 5.04. The lowest BCUT2D eigenvalue weighted by Gasteiger charge is -2.23. The molecule has 2 amide bonds. The molecule has 1 heterocycles. The predicted molar refractivity (Wildman–Crippen MR) is 84.5 cm³/mol. The standard InChI is InChI=1S/C16H12ClFN2O3/c1-8-15(21)20-13-7-10(3-5-14(13)23-8)19-16(22)11-6-9(17)2-4-12(11)18/h2-8H,1H3,(H,19,22)(H,20,21). The molecule has 118 valence electrons. The molecule has 3 rings (SSSR count). The third-order valence-electron chi connectivity index (χ3n) is 3.34. The molecule has 0 fully saturated rings. The van der Waals surface area contributed by atoms with Gasteiger partial charge in [0.25, 0.3) is 11.8 Å². The minimum Gasteiger partial charge on any atom is -0.479 e. The molecular weight excluding hydrogens is 323 g/mol. The van der Waals surface area contributed by atoms with Gasteiger partial charge in [-0.1, -0.05) is 11.6 Å². The zero-order valence-corrected chi connectivity index (χ0v) is 12.8. The fourth-order valence-electron chi connectivity index (χ4n) is 2.16. The summed E-state index contributed by atoms with van der Waals surface area (Å²) < 4.78 is 19.1. The van der Waals surface area contributed by atoms with Crippen LogP contribution < -0.4 is 15.4 Å². The molecule has 0 spiro atoms. The van der Waals surface area contributed by atoms with Gasteiger partial charge in [0.05, 0.1) is 11.3 Å². The summed E-state index contributed by atoms with van der Waals surface area (Å²) in [6, 6.07) is 8.50. The minimum atomic E-state index is -0.671. The topological polar surface area (TPSA) is 67.4 Å². The van der Waals surface area contributed by atoms with Gasteiger partial charge in [-0.15, -0.1) is 0 Å². The van der Waals surface area contributed by atoms with E-state index in [1.165, 1.54) is 12.1 Å². The molecule has 1 atom stereocenters. The van der Waals surface area contributed by atoms with Crippen molar-refractivity contribution in [1.82, 2.24) is 0 Å². The molecule has 1 aliphatic rings. The number of anilines is 2. The zero-order chi connectivity index (χ0) is 16.6. The molecule has 0 aromatic heterocycles. The highest BCUT2D eigenvalue weighted by molar-refractivity contribution is 6.31. The number of carbonyl (C=O) groups excluding carboxylic acids is 2. The zero-order valence-electron chi connectivity index (χ0n) is 12.0. The third kappa shape index (κ3) is 3.12. The monoisotopic (exact) mass is 334 g/mol. The Bertz CT molecular complexity index is 810. The van der Waals surface area contributed by atoms with Gasteiger partial charge < -0.3 is 15.4 Å². The van der Waals surface area contributed by atoms with Crippen molar-refractivity contribution in [2.24, 2.45) is 0 Å². The van der Waals surface area contributed by atoms with Gasteiger partial charge in [0.2, 0.25) is 0 Å². The van der Waals surface area contributed by atoms with Crippen molar-refractivity contribution < 1.29 is 18.7 Å². The van der Waals surface area contributed by atoms with Crippen LogP contribution in [-0.2, 0) is 4.79 Å². The van der Waals surface area contributed by atoms with Crippen LogP contribution in [0.25, 0.3) is 0 Å². The van der Waals surface area contributed by atoms with E-state index in [2.05, 4.69) is 10.6 Å². The molecule has 2 aromatic carbocycles. The van der Waals surface area contributed by atoms with E-state index in [0.717, 1.165) is 6.07 Å². The maximum absolute atomic E-state index is 13.7. The molecule has 0 saturated carbocycles. The average molecular weight is 335 g/mol. The number of amides is 2. The van der Waals surface area contributed by atoms with Crippen LogP contribution in [0.3, 0.4) is 0 Å². The summed E-state index contributed by atoms with van der Waals surface area (Å²) in [4.78, 5) is 23.7. The maximum atomic E-state index is 13.7. The van der Waals surface area contributed by atoms with E-state index in [4.69, 9.17) is 16.3 Å². The number of rotatable bonds is 2. The second-order valence-corrected chi connectivity index (χ2v) is 5.47. The summed E-state index contributed by atoms with van der Waals surface area (Å²) in [6.45, 7) is 1.63. The van der Waals surface area contributed by atoms with Crippen LogP contribution in [0.1, 0.15) is 17.3 Å². The highest BCUT2D eigenvalue weighted by Crippen LogP contribution is 2.32. The van der Waals surface area contributed by atoms with E-state index < -0.39 is 17.8 Å². The SMILES string of the molecule is CC1Oc2ccc(NC(=O)c3cc(Cl)ccc3F)cc2NC1=O. The predicted octanol–water partition coefficient (Wildman–Crippen LogP) is 3.45. The van der Waals surface area contributed by atoms with Gasteiger partial charge in [0.15, 0.2) is 6.10 Å². The fourth-order valence-corrected chi connectivity index (χ4v) is 2.33. The number of carbonyl (C=O) groups is 2. The molecule has 2 aromatic rings. The van der Waals surface area contributed by atoms with Crippen LogP contribution in [0, 0.1) is 5.82 Å². The van der Waals surface area contributed by atoms with Gasteiger partial charge in [-0.25, -0.2) is 4.39 Å². The van der Waals surface area contributed by atoms with Gasteiger partial charge in [0, 0.05) is 10.7 Å². The summed E-state index contributed by atoms with van der Waals surface area (Å²) in [7, 11) is 0. The Labute approximate surface area is 136 Å². The van der Waals surface area contributed by atoms with Gasteiger partial charge in [-0.2, -0.15) is 0 Å². The summed E-state index contributed by atoms with van der Waals surface area (Å²) in [6.07, 6.45) is -0.580. The number of hydrogen-bond donors (Lipinski definition) is 2. The van der Waals surface area contributed by atoms with Crippen molar-refractivity contribution in [1.29, 1.82) is 0 Å². The van der Waals surface area contributed by atoms with Gasteiger partial charge in [-0.3, -0.25) is 9.59 Å². The molecule has 1 aliphatic heterocycles. The summed E-state index contributed by atoms with van der Waals surface area (Å²) in [5.41, 5.74) is 0.674. The maximum Gasteiger partial charge on any atom is 0.265 e. The van der Waals surface area contributed by atoms with E-state index in [1.54, 1.807) is 25.1 Å². The molecule has 23 heavy (non-hydrogen) atoms. The third-order valence-corrected chi connectivity index (χ3v) is 3.58. The van der Waals surface area contributed by atoms with Crippen molar-refractivity contribution in [3.63, 3.8) is 0 Å². The Morgan fingerprint density at radius 1 is 1.30 bits per heavy atom. The van der Waals surface area contributed by atoms with Gasteiger partial charge in [-0.05, 0) is 43.3 Å². The highest BCUT2D eigenvalue weighted by atomic mass is 35.5. The first-order valence-electron chi connectivity index (χ1n) is 6.82. The molecule has 0 radical (unpaired) electrons. The molecular formula is C16H12ClFN2O3. The Balaban J connectivity index is 1.84. The van der Waals surface area contributed by atoms with Crippen LogP contribution in [-0.4, -0.2) is 17.9 Å². The number of hydrogen-bond acceptors (Lipinski definition) is 3. The van der Waals surface area contributed by atoms with Crippen LogP contribution >= 0.6 is 11.6 Å². The van der Waals surface area contributed by atoms with Gasteiger partial charge in [0.1, 0.15) is 11.6 Å². The van der Waals surface area contributed by atoms with Crippen molar-refractivity contribution in [2.45, 2.75) is 13.0 Å². The normalized spacial score (nSPS) is 16.1. The molecule has 0 bridgehead atoms. The minimum absolute atomic E-state index is 0.163. The molecule has 0 aliphatic carbocycles. The molecule has 0 saturated heterocycles. The molecule has 7 heteroatoms. The summed E-state index contributed by atoms with van der Waals surface area (Å²) in [5.74, 6) is -1.08.